The van der Waals surface area contributed by atoms with Gasteiger partial charge in [0.05, 0.1) is 6.61 Å². The van der Waals surface area contributed by atoms with Crippen molar-refractivity contribution in [3.63, 3.8) is 0 Å². The summed E-state index contributed by atoms with van der Waals surface area (Å²) in [6.45, 7) is 6.37. The van der Waals surface area contributed by atoms with Crippen LogP contribution in [-0.4, -0.2) is 12.6 Å². The molecule has 0 amide bonds. The van der Waals surface area contributed by atoms with Gasteiger partial charge in [-0.15, -0.1) is 0 Å². The number of carbonyl (C=O) groups excluding carboxylic acids is 1. The highest BCUT2D eigenvalue weighted by Gasteiger charge is 1.96. The molecule has 12 heavy (non-hydrogen) atoms. The maximum Gasteiger partial charge on any atom is 0.330 e. The van der Waals surface area contributed by atoms with Crippen LogP contribution < -0.4 is 0 Å². The predicted octanol–water partition coefficient (Wildman–Crippen LogP) is 2.69. The van der Waals surface area contributed by atoms with E-state index in [9.17, 15) is 4.79 Å². The Hall–Kier alpha value is -0.790. The van der Waals surface area contributed by atoms with Crippen LogP contribution in [0.15, 0.2) is 11.6 Å². The quantitative estimate of drug-likeness (QED) is 0.468. The maximum absolute atomic E-state index is 10.9. The van der Waals surface area contributed by atoms with E-state index >= 15 is 0 Å². The molecule has 0 saturated heterocycles. The van der Waals surface area contributed by atoms with E-state index in [1.54, 1.807) is 6.08 Å². The first kappa shape index (κ1) is 11.2. The van der Waals surface area contributed by atoms with Crippen LogP contribution in [0.25, 0.3) is 0 Å². The summed E-state index contributed by atoms with van der Waals surface area (Å²) in [5.41, 5.74) is 1.11. The summed E-state index contributed by atoms with van der Waals surface area (Å²) < 4.78 is 4.78. The largest absolute Gasteiger partial charge is 0.463 e. The van der Waals surface area contributed by atoms with Gasteiger partial charge in [-0.1, -0.05) is 18.9 Å². The first-order valence-electron chi connectivity index (χ1n) is 4.54. The molecule has 2 nitrogen and oxygen atoms in total. The van der Waals surface area contributed by atoms with Crippen LogP contribution in [0.3, 0.4) is 0 Å². The molecule has 2 heteroatoms. The third-order valence-corrected chi connectivity index (χ3v) is 1.58. The molecule has 0 aliphatic rings. The molecule has 0 bridgehead atoms. The van der Waals surface area contributed by atoms with Crippen molar-refractivity contribution < 1.29 is 9.53 Å². The van der Waals surface area contributed by atoms with Crippen LogP contribution in [-0.2, 0) is 9.53 Å². The average molecular weight is 170 g/mol. The summed E-state index contributed by atoms with van der Waals surface area (Å²) in [5, 5.41) is 0. The second kappa shape index (κ2) is 6.89. The zero-order valence-electron chi connectivity index (χ0n) is 8.22. The van der Waals surface area contributed by atoms with Crippen LogP contribution in [0.4, 0.5) is 0 Å². The van der Waals surface area contributed by atoms with E-state index in [0.29, 0.717) is 6.61 Å². The average Bonchev–Trinajstić information content (AvgIpc) is 2.01. The molecule has 0 aromatic rings. The maximum atomic E-state index is 10.9. The molecule has 0 aromatic heterocycles. The molecule has 0 N–H and O–H groups in total. The normalized spacial score (nSPS) is 11.4. The van der Waals surface area contributed by atoms with Crippen molar-refractivity contribution in [2.45, 2.75) is 40.0 Å². The summed E-state index contributed by atoms with van der Waals surface area (Å²) in [7, 11) is 0. The lowest BCUT2D eigenvalue weighted by molar-refractivity contribution is -0.137. The van der Waals surface area contributed by atoms with Crippen molar-refractivity contribution >= 4 is 5.97 Å². The Kier molecular flexibility index (Phi) is 6.44. The molecule has 0 spiro atoms. The van der Waals surface area contributed by atoms with Gasteiger partial charge in [0, 0.05) is 6.08 Å². The molecule has 0 aliphatic carbocycles. The van der Waals surface area contributed by atoms with Crippen molar-refractivity contribution in [2.75, 3.05) is 6.61 Å². The van der Waals surface area contributed by atoms with Crippen molar-refractivity contribution in [1.82, 2.24) is 0 Å². The molecular formula is C10H18O2. The lowest BCUT2D eigenvalue weighted by Crippen LogP contribution is -2.00. The number of hydrogen-bond donors (Lipinski definition) is 0. The minimum absolute atomic E-state index is 0.217. The van der Waals surface area contributed by atoms with Gasteiger partial charge in [-0.25, -0.2) is 4.79 Å². The lowest BCUT2D eigenvalue weighted by Gasteiger charge is -1.99. The first-order chi connectivity index (χ1) is 5.70. The van der Waals surface area contributed by atoms with Crippen LogP contribution in [0.1, 0.15) is 40.0 Å². The Morgan fingerprint density at radius 2 is 2.08 bits per heavy atom. The Morgan fingerprint density at radius 1 is 1.42 bits per heavy atom. The number of unbranched alkanes of at least 4 members (excludes halogenated alkanes) is 1. The molecule has 0 rings (SSSR count). The highest BCUT2D eigenvalue weighted by atomic mass is 16.5. The third-order valence-electron chi connectivity index (χ3n) is 1.58. The first-order valence-corrected chi connectivity index (χ1v) is 4.54. The van der Waals surface area contributed by atoms with Gasteiger partial charge in [-0.05, 0) is 26.7 Å². The molecule has 0 atom stereocenters. The van der Waals surface area contributed by atoms with Crippen LogP contribution in [0.5, 0.6) is 0 Å². The van der Waals surface area contributed by atoms with E-state index in [4.69, 9.17) is 4.74 Å². The number of rotatable bonds is 5. The molecule has 0 radical (unpaired) electrons. The van der Waals surface area contributed by atoms with Crippen LogP contribution >= 0.6 is 0 Å². The minimum Gasteiger partial charge on any atom is -0.463 e. The molecule has 0 fully saturated rings. The smallest absolute Gasteiger partial charge is 0.330 e. The molecular weight excluding hydrogens is 152 g/mol. The van der Waals surface area contributed by atoms with Crippen LogP contribution in [0, 0.1) is 0 Å². The van der Waals surface area contributed by atoms with Crippen molar-refractivity contribution in [2.24, 2.45) is 0 Å². The van der Waals surface area contributed by atoms with Gasteiger partial charge in [-0.3, -0.25) is 0 Å². The lowest BCUT2D eigenvalue weighted by atomic mass is 10.1. The van der Waals surface area contributed by atoms with Gasteiger partial charge in [0.2, 0.25) is 0 Å². The second-order valence-corrected chi connectivity index (χ2v) is 2.85. The summed E-state index contributed by atoms with van der Waals surface area (Å²) in [5.74, 6) is -0.217. The highest BCUT2D eigenvalue weighted by Crippen LogP contribution is 2.05. The van der Waals surface area contributed by atoms with Gasteiger partial charge in [-0.2, -0.15) is 0 Å². The Labute approximate surface area is 74.6 Å². The standard InChI is InChI=1S/C10H18O2/c1-4-6-7-9(3)8-10(11)12-5-2/h8H,4-7H2,1-3H3. The fraction of sp³-hybridized carbons (Fsp3) is 0.700. The van der Waals surface area contributed by atoms with Crippen molar-refractivity contribution in [1.29, 1.82) is 0 Å². The number of allylic oxidation sites excluding steroid dienone is 1. The summed E-state index contributed by atoms with van der Waals surface area (Å²) in [6, 6.07) is 0. The number of ether oxygens (including phenoxy) is 1. The third kappa shape index (κ3) is 5.96. The van der Waals surface area contributed by atoms with E-state index < -0.39 is 0 Å². The molecule has 0 aromatic carbocycles. The molecule has 0 heterocycles. The van der Waals surface area contributed by atoms with Gasteiger partial charge < -0.3 is 4.74 Å². The van der Waals surface area contributed by atoms with Gasteiger partial charge in [0.15, 0.2) is 0 Å². The van der Waals surface area contributed by atoms with E-state index in [1.165, 1.54) is 0 Å². The summed E-state index contributed by atoms with van der Waals surface area (Å²) in [4.78, 5) is 10.9. The summed E-state index contributed by atoms with van der Waals surface area (Å²) >= 11 is 0. The Balaban J connectivity index is 3.72. The summed E-state index contributed by atoms with van der Waals surface area (Å²) in [6.07, 6.45) is 4.88. The topological polar surface area (TPSA) is 26.3 Å². The van der Waals surface area contributed by atoms with E-state index in [-0.39, 0.29) is 5.97 Å². The molecule has 0 aliphatic heterocycles. The van der Waals surface area contributed by atoms with E-state index in [0.717, 1.165) is 24.8 Å². The second-order valence-electron chi connectivity index (χ2n) is 2.85. The van der Waals surface area contributed by atoms with Gasteiger partial charge in [0.1, 0.15) is 0 Å². The molecule has 70 valence electrons. The van der Waals surface area contributed by atoms with Crippen molar-refractivity contribution in [3.8, 4) is 0 Å². The Morgan fingerprint density at radius 3 is 2.58 bits per heavy atom. The zero-order chi connectivity index (χ0) is 9.40. The molecule has 0 saturated carbocycles. The fourth-order valence-electron chi connectivity index (χ4n) is 0.913. The van der Waals surface area contributed by atoms with Gasteiger partial charge in [0.25, 0.3) is 0 Å². The van der Waals surface area contributed by atoms with Crippen molar-refractivity contribution in [3.05, 3.63) is 11.6 Å². The molecule has 0 unspecified atom stereocenters. The monoisotopic (exact) mass is 170 g/mol. The number of esters is 1. The number of carbonyl (C=O) groups is 1. The SMILES string of the molecule is CCCCC(C)=CC(=O)OCC. The van der Waals surface area contributed by atoms with Crippen LogP contribution in [0.2, 0.25) is 0 Å². The van der Waals surface area contributed by atoms with E-state index in [1.807, 2.05) is 13.8 Å². The zero-order valence-corrected chi connectivity index (χ0v) is 8.22. The highest BCUT2D eigenvalue weighted by molar-refractivity contribution is 5.82. The predicted molar refractivity (Wildman–Crippen MR) is 49.9 cm³/mol. The Bertz CT molecular complexity index is 159. The number of hydrogen-bond acceptors (Lipinski definition) is 2. The van der Waals surface area contributed by atoms with Gasteiger partial charge >= 0.3 is 5.97 Å². The minimum atomic E-state index is -0.217. The van der Waals surface area contributed by atoms with E-state index in [2.05, 4.69) is 6.92 Å². The fourth-order valence-corrected chi connectivity index (χ4v) is 0.913.